The fourth-order valence-electron chi connectivity index (χ4n) is 4.02. The van der Waals surface area contributed by atoms with Gasteiger partial charge in [-0.05, 0) is 49.8 Å². The smallest absolute Gasteiger partial charge is 0.251 e. The number of fused-ring (bicyclic) bond motifs is 1. The number of hydrogen-bond acceptors (Lipinski definition) is 4. The summed E-state index contributed by atoms with van der Waals surface area (Å²) in [4.78, 5) is 29.6. The lowest BCUT2D eigenvalue weighted by molar-refractivity contribution is -0.117. The summed E-state index contributed by atoms with van der Waals surface area (Å²) in [5.74, 6) is 0.458. The third kappa shape index (κ3) is 5.05. The Morgan fingerprint density at radius 3 is 2.70 bits per heavy atom. The first kappa shape index (κ1) is 20.5. The molecule has 2 aliphatic carbocycles. The van der Waals surface area contributed by atoms with Gasteiger partial charge < -0.3 is 10.6 Å². The highest BCUT2D eigenvalue weighted by Gasteiger charge is 2.18. The van der Waals surface area contributed by atoms with Crippen LogP contribution < -0.4 is 20.5 Å². The maximum absolute atomic E-state index is 12.7. The first-order valence-corrected chi connectivity index (χ1v) is 11.4. The van der Waals surface area contributed by atoms with Gasteiger partial charge in [-0.15, -0.1) is 0 Å². The van der Waals surface area contributed by atoms with Crippen molar-refractivity contribution in [2.45, 2.75) is 51.9 Å². The van der Waals surface area contributed by atoms with Crippen LogP contribution in [0, 0.1) is 12.8 Å². The largest absolute Gasteiger partial charge is 0.322 e. The number of thiazole rings is 1. The Labute approximate surface area is 180 Å². The summed E-state index contributed by atoms with van der Waals surface area (Å²) in [5.41, 5.74) is 2.54. The van der Waals surface area contributed by atoms with E-state index in [9.17, 15) is 9.59 Å². The average molecular weight is 422 g/mol. The zero-order chi connectivity index (χ0) is 20.9. The molecule has 4 rings (SSSR count). The number of hydrogen-bond donors (Lipinski definition) is 2. The predicted molar refractivity (Wildman–Crippen MR) is 123 cm³/mol. The van der Waals surface area contributed by atoms with Gasteiger partial charge in [0.05, 0.1) is 9.88 Å². The normalized spacial score (nSPS) is 16.4. The van der Waals surface area contributed by atoms with Gasteiger partial charge in [-0.2, -0.15) is 0 Å². The van der Waals surface area contributed by atoms with E-state index >= 15 is 0 Å². The molecule has 5 nitrogen and oxygen atoms in total. The Hall–Kier alpha value is -2.73. The molecule has 1 saturated carbocycles. The maximum atomic E-state index is 12.7. The average Bonchev–Trinajstić information content (AvgIpc) is 3.00. The van der Waals surface area contributed by atoms with Crippen molar-refractivity contribution in [1.82, 2.24) is 4.98 Å². The first-order valence-electron chi connectivity index (χ1n) is 10.6. The lowest BCUT2D eigenvalue weighted by Gasteiger charge is -2.20. The van der Waals surface area contributed by atoms with E-state index in [1.54, 1.807) is 0 Å². The molecule has 0 bridgehead atoms. The fourth-order valence-corrected chi connectivity index (χ4v) is 4.92. The molecular formula is C24H27N3O2S. The molecule has 2 amide bonds. The number of anilines is 2. The lowest BCUT2D eigenvalue weighted by Crippen LogP contribution is -2.20. The van der Waals surface area contributed by atoms with Crippen LogP contribution in [0.1, 0.15) is 50.5 Å². The first-order chi connectivity index (χ1) is 14.6. The molecule has 1 aromatic heterocycles. The number of carbonyl (C=O) groups is 2. The Morgan fingerprint density at radius 1 is 1.10 bits per heavy atom. The number of allylic oxidation sites excluding steroid dienone is 1. The predicted octanol–water partition coefficient (Wildman–Crippen LogP) is 3.89. The van der Waals surface area contributed by atoms with E-state index in [2.05, 4.69) is 15.6 Å². The van der Waals surface area contributed by atoms with Crippen LogP contribution in [-0.2, 0) is 9.59 Å². The van der Waals surface area contributed by atoms with E-state index < -0.39 is 0 Å². The second-order valence-corrected chi connectivity index (χ2v) is 9.09. The number of benzene rings is 1. The summed E-state index contributed by atoms with van der Waals surface area (Å²) < 4.78 is 0.984. The number of nitrogens with zero attached hydrogens (tertiary/aromatic N) is 1. The molecule has 0 spiro atoms. The Balaban J connectivity index is 1.42. The number of carbonyl (C=O) groups excluding carboxylic acids is 2. The number of amides is 2. The van der Waals surface area contributed by atoms with Gasteiger partial charge in [-0.25, -0.2) is 4.98 Å². The number of para-hydroxylation sites is 1. The van der Waals surface area contributed by atoms with E-state index in [-0.39, 0.29) is 11.8 Å². The number of rotatable bonds is 5. The van der Waals surface area contributed by atoms with Crippen molar-refractivity contribution < 1.29 is 9.59 Å². The van der Waals surface area contributed by atoms with Crippen LogP contribution >= 0.6 is 11.3 Å². The molecule has 0 saturated heterocycles. The van der Waals surface area contributed by atoms with Crippen LogP contribution in [-0.4, -0.2) is 16.8 Å². The zero-order valence-electron chi connectivity index (χ0n) is 17.2. The zero-order valence-corrected chi connectivity index (χ0v) is 18.1. The van der Waals surface area contributed by atoms with Crippen molar-refractivity contribution in [1.29, 1.82) is 0 Å². The maximum Gasteiger partial charge on any atom is 0.251 e. The van der Waals surface area contributed by atoms with Gasteiger partial charge in [-0.1, -0.05) is 61.0 Å². The van der Waals surface area contributed by atoms with E-state index in [1.165, 1.54) is 30.6 Å². The molecule has 30 heavy (non-hydrogen) atoms. The van der Waals surface area contributed by atoms with Crippen LogP contribution in [0.15, 0.2) is 35.9 Å². The standard InChI is InChI=1S/C24H27N3O2S/c1-16-7-5-6-10-19(16)25-23(29)18-11-13-20-21(14-12-18)30-24(26-20)27-22(28)15-17-8-3-2-4-9-17/h5-7,10-11,13-14,17H,2-4,8-9,12,15H2,1H3,(H,25,29)(H,26,27,28). The van der Waals surface area contributed by atoms with Gasteiger partial charge >= 0.3 is 0 Å². The van der Waals surface area contributed by atoms with E-state index in [0.717, 1.165) is 34.0 Å². The Bertz CT molecular complexity index is 1090. The monoisotopic (exact) mass is 421 g/mol. The highest BCUT2D eigenvalue weighted by atomic mass is 32.1. The molecule has 2 aliphatic rings. The van der Waals surface area contributed by atoms with Gasteiger partial charge in [0.25, 0.3) is 5.91 Å². The molecule has 1 heterocycles. The van der Waals surface area contributed by atoms with Gasteiger partial charge in [0, 0.05) is 17.7 Å². The minimum Gasteiger partial charge on any atom is -0.322 e. The Kier molecular flexibility index (Phi) is 6.43. The molecule has 1 fully saturated rings. The number of aryl methyl sites for hydroxylation is 1. The van der Waals surface area contributed by atoms with Gasteiger partial charge in [0.2, 0.25) is 5.91 Å². The summed E-state index contributed by atoms with van der Waals surface area (Å²) in [6.07, 6.45) is 12.9. The molecule has 2 N–H and O–H groups in total. The van der Waals surface area contributed by atoms with Crippen LogP contribution in [0.3, 0.4) is 0 Å². The summed E-state index contributed by atoms with van der Waals surface area (Å²) in [6.45, 7) is 1.97. The van der Waals surface area contributed by atoms with E-state index in [4.69, 9.17) is 0 Å². The summed E-state index contributed by atoms with van der Waals surface area (Å²) in [7, 11) is 0. The van der Waals surface area contributed by atoms with Crippen LogP contribution in [0.5, 0.6) is 0 Å². The Morgan fingerprint density at radius 2 is 1.90 bits per heavy atom. The molecule has 6 heteroatoms. The van der Waals surface area contributed by atoms with Gasteiger partial charge in [0.1, 0.15) is 0 Å². The van der Waals surface area contributed by atoms with Crippen molar-refractivity contribution in [3.8, 4) is 0 Å². The molecule has 0 radical (unpaired) electrons. The molecule has 2 aromatic rings. The third-order valence-corrected chi connectivity index (χ3v) is 6.74. The van der Waals surface area contributed by atoms with Crippen molar-refractivity contribution in [2.75, 3.05) is 10.6 Å². The highest BCUT2D eigenvalue weighted by molar-refractivity contribution is 7.13. The second kappa shape index (κ2) is 9.39. The molecule has 0 aliphatic heterocycles. The highest BCUT2D eigenvalue weighted by Crippen LogP contribution is 2.26. The van der Waals surface area contributed by atoms with Gasteiger partial charge in [0.15, 0.2) is 5.13 Å². The second-order valence-electron chi connectivity index (χ2n) is 8.06. The van der Waals surface area contributed by atoms with Crippen LogP contribution in [0.25, 0.3) is 12.2 Å². The minimum absolute atomic E-state index is 0.0552. The summed E-state index contributed by atoms with van der Waals surface area (Å²) in [6, 6.07) is 7.74. The molecule has 156 valence electrons. The fraction of sp³-hybridized carbons (Fsp3) is 0.375. The van der Waals surface area contributed by atoms with Crippen LogP contribution in [0.2, 0.25) is 0 Å². The van der Waals surface area contributed by atoms with Crippen molar-refractivity contribution in [3.63, 3.8) is 0 Å². The molecular weight excluding hydrogens is 394 g/mol. The number of aromatic nitrogens is 1. The van der Waals surface area contributed by atoms with Crippen molar-refractivity contribution >= 4 is 46.1 Å². The summed E-state index contributed by atoms with van der Waals surface area (Å²) in [5, 5.41) is 7.38. The summed E-state index contributed by atoms with van der Waals surface area (Å²) >= 11 is 1.46. The number of nitrogens with one attached hydrogen (secondary N) is 2. The minimum atomic E-state index is -0.104. The topological polar surface area (TPSA) is 71.1 Å². The lowest BCUT2D eigenvalue weighted by atomic mass is 9.87. The quantitative estimate of drug-likeness (QED) is 0.769. The SMILES string of the molecule is Cc1ccccc1NC(=O)C1=CC=c2nc(NC(=O)CC3CCCCC3)sc2=CC1. The van der Waals surface area contributed by atoms with Gasteiger partial charge in [-0.3, -0.25) is 9.59 Å². The molecule has 1 aromatic carbocycles. The third-order valence-electron chi connectivity index (χ3n) is 5.76. The van der Waals surface area contributed by atoms with Crippen molar-refractivity contribution in [2.24, 2.45) is 5.92 Å². The molecule has 0 unspecified atom stereocenters. The van der Waals surface area contributed by atoms with Crippen molar-refractivity contribution in [3.05, 3.63) is 51.4 Å². The van der Waals surface area contributed by atoms with E-state index in [1.807, 2.05) is 49.4 Å². The van der Waals surface area contributed by atoms with Crippen LogP contribution in [0.4, 0.5) is 10.8 Å². The molecule has 0 atom stereocenters. The van der Waals surface area contributed by atoms with E-state index in [0.29, 0.717) is 29.5 Å².